The second kappa shape index (κ2) is 12.7. The number of hydrogen-bond acceptors (Lipinski definition) is 0. The molecule has 0 aromatic heterocycles. The normalized spacial score (nSPS) is 22.0. The van der Waals surface area contributed by atoms with Crippen LogP contribution in [0.25, 0.3) is 0 Å². The van der Waals surface area contributed by atoms with Crippen LogP contribution in [0.4, 0.5) is 0 Å². The Bertz CT molecular complexity index is 312. The van der Waals surface area contributed by atoms with E-state index >= 15 is 0 Å². The fourth-order valence-corrected chi connectivity index (χ4v) is 3.41. The summed E-state index contributed by atoms with van der Waals surface area (Å²) in [5, 5.41) is 0. The molecule has 3 aliphatic rings. The molecule has 2 saturated carbocycles. The average Bonchev–Trinajstić information content (AvgIpc) is 2.59. The quantitative estimate of drug-likeness (QED) is 0.434. The summed E-state index contributed by atoms with van der Waals surface area (Å²) in [4.78, 5) is 0. The van der Waals surface area contributed by atoms with Gasteiger partial charge in [0, 0.05) is 0 Å². The highest BCUT2D eigenvalue weighted by atomic mass is 14.2. The van der Waals surface area contributed by atoms with Crippen molar-refractivity contribution in [1.82, 2.24) is 0 Å². The van der Waals surface area contributed by atoms with E-state index in [9.17, 15) is 0 Å². The molecule has 0 heterocycles. The van der Waals surface area contributed by atoms with E-state index in [1.165, 1.54) is 101 Å². The lowest BCUT2D eigenvalue weighted by atomic mass is 9.85. The second-order valence-corrected chi connectivity index (χ2v) is 7.25. The van der Waals surface area contributed by atoms with Gasteiger partial charge in [0.15, 0.2) is 0 Å². The van der Waals surface area contributed by atoms with Crippen LogP contribution < -0.4 is 0 Å². The van der Waals surface area contributed by atoms with Crippen LogP contribution in [0.3, 0.4) is 0 Å². The Hall–Kier alpha value is -0.780. The van der Waals surface area contributed by atoms with E-state index in [1.807, 2.05) is 0 Å². The molecule has 3 rings (SSSR count). The van der Waals surface area contributed by atoms with Crippen molar-refractivity contribution in [1.29, 1.82) is 0 Å². The zero-order valence-electron chi connectivity index (χ0n) is 15.0. The van der Waals surface area contributed by atoms with Crippen LogP contribution in [-0.2, 0) is 0 Å². The van der Waals surface area contributed by atoms with Gasteiger partial charge < -0.3 is 0 Å². The van der Waals surface area contributed by atoms with Crippen molar-refractivity contribution in [2.24, 2.45) is 5.92 Å². The van der Waals surface area contributed by atoms with Crippen molar-refractivity contribution in [2.75, 3.05) is 0 Å². The molecule has 0 unspecified atom stereocenters. The first kappa shape index (κ1) is 19.3. The van der Waals surface area contributed by atoms with Gasteiger partial charge >= 0.3 is 0 Å². The van der Waals surface area contributed by atoms with Gasteiger partial charge in [0.2, 0.25) is 0 Å². The minimum Gasteiger partial charge on any atom is -0.0999 e. The van der Waals surface area contributed by atoms with E-state index < -0.39 is 0 Å². The molecule has 0 atom stereocenters. The molecule has 0 aliphatic heterocycles. The second-order valence-electron chi connectivity index (χ2n) is 7.25. The number of rotatable bonds is 1. The first-order valence-corrected chi connectivity index (χ1v) is 9.67. The number of allylic oxidation sites excluding steroid dienone is 4. The van der Waals surface area contributed by atoms with Crippen LogP contribution in [0.15, 0.2) is 36.5 Å². The van der Waals surface area contributed by atoms with Crippen LogP contribution in [0, 0.1) is 5.92 Å². The van der Waals surface area contributed by atoms with E-state index in [-0.39, 0.29) is 0 Å². The molecule has 0 radical (unpaired) electrons. The molecular formula is C22H38. The van der Waals surface area contributed by atoms with Crippen molar-refractivity contribution in [3.8, 4) is 0 Å². The summed E-state index contributed by atoms with van der Waals surface area (Å²) in [7, 11) is 0. The molecule has 0 heteroatoms. The fourth-order valence-electron chi connectivity index (χ4n) is 3.41. The minimum absolute atomic E-state index is 0.860. The monoisotopic (exact) mass is 302 g/mol. The summed E-state index contributed by atoms with van der Waals surface area (Å²) in [5.74, 6) is 0.860. The third kappa shape index (κ3) is 10.0. The maximum Gasteiger partial charge on any atom is -0.0209 e. The Morgan fingerprint density at radius 3 is 1.59 bits per heavy atom. The first-order valence-electron chi connectivity index (χ1n) is 9.67. The molecule has 126 valence electrons. The van der Waals surface area contributed by atoms with E-state index in [4.69, 9.17) is 0 Å². The highest BCUT2D eigenvalue weighted by Gasteiger charge is 2.12. The van der Waals surface area contributed by atoms with Crippen LogP contribution in [-0.4, -0.2) is 0 Å². The standard InChI is InChI=1S/C9H16.C7H12.C6H10/c1-8(2)9-6-4-3-5-7-9;1-7-5-3-2-4-6-7;1-2-4-6-5-3-1/h9H,1,3-7H2,2H3;1-6H2;1-2H,3-6H2. The van der Waals surface area contributed by atoms with Gasteiger partial charge in [-0.1, -0.05) is 62.1 Å². The van der Waals surface area contributed by atoms with Crippen molar-refractivity contribution in [3.05, 3.63) is 36.5 Å². The van der Waals surface area contributed by atoms with E-state index in [1.54, 1.807) is 0 Å². The molecule has 0 aromatic rings. The zero-order chi connectivity index (χ0) is 16.0. The molecule has 0 spiro atoms. The molecule has 0 aromatic carbocycles. The molecule has 0 amide bonds. The molecule has 0 saturated heterocycles. The van der Waals surface area contributed by atoms with Crippen LogP contribution in [0.5, 0.6) is 0 Å². The van der Waals surface area contributed by atoms with Crippen molar-refractivity contribution < 1.29 is 0 Å². The lowest BCUT2D eigenvalue weighted by Gasteiger charge is -2.21. The Morgan fingerprint density at radius 1 is 0.818 bits per heavy atom. The summed E-state index contributed by atoms with van der Waals surface area (Å²) in [5.41, 5.74) is 2.86. The summed E-state index contributed by atoms with van der Waals surface area (Å²) in [6.45, 7) is 10.1. The summed E-state index contributed by atoms with van der Waals surface area (Å²) in [6, 6.07) is 0. The molecule has 2 fully saturated rings. The van der Waals surface area contributed by atoms with E-state index in [2.05, 4.69) is 32.2 Å². The molecular weight excluding hydrogens is 264 g/mol. The van der Waals surface area contributed by atoms with Crippen LogP contribution in [0.1, 0.15) is 96.8 Å². The Balaban J connectivity index is 0.000000169. The summed E-state index contributed by atoms with van der Waals surface area (Å²) >= 11 is 0. The van der Waals surface area contributed by atoms with Crippen molar-refractivity contribution in [3.63, 3.8) is 0 Å². The molecule has 0 nitrogen and oxygen atoms in total. The van der Waals surface area contributed by atoms with Crippen LogP contribution in [0.2, 0.25) is 0 Å². The van der Waals surface area contributed by atoms with Gasteiger partial charge in [0.05, 0.1) is 0 Å². The van der Waals surface area contributed by atoms with Crippen molar-refractivity contribution in [2.45, 2.75) is 96.8 Å². The van der Waals surface area contributed by atoms with Gasteiger partial charge in [-0.2, -0.15) is 0 Å². The predicted molar refractivity (Wildman–Crippen MR) is 101 cm³/mol. The van der Waals surface area contributed by atoms with Crippen molar-refractivity contribution >= 4 is 0 Å². The predicted octanol–water partition coefficient (Wildman–Crippen LogP) is 7.77. The Morgan fingerprint density at radius 2 is 1.32 bits per heavy atom. The van der Waals surface area contributed by atoms with Gasteiger partial charge in [-0.3, -0.25) is 0 Å². The molecule has 22 heavy (non-hydrogen) atoms. The van der Waals surface area contributed by atoms with E-state index in [0.29, 0.717) is 0 Å². The lowest BCUT2D eigenvalue weighted by Crippen LogP contribution is -2.05. The third-order valence-electron chi connectivity index (χ3n) is 5.02. The maximum absolute atomic E-state index is 3.98. The fraction of sp³-hybridized carbons (Fsp3) is 0.727. The number of hydrogen-bond donors (Lipinski definition) is 0. The highest BCUT2D eigenvalue weighted by Crippen LogP contribution is 2.28. The molecule has 3 aliphatic carbocycles. The largest absolute Gasteiger partial charge is 0.0999 e. The minimum atomic E-state index is 0.860. The summed E-state index contributed by atoms with van der Waals surface area (Å²) < 4.78 is 0. The lowest BCUT2D eigenvalue weighted by molar-refractivity contribution is 0.404. The maximum atomic E-state index is 3.98. The average molecular weight is 303 g/mol. The topological polar surface area (TPSA) is 0 Å². The van der Waals surface area contributed by atoms with Gasteiger partial charge in [0.1, 0.15) is 0 Å². The van der Waals surface area contributed by atoms with Crippen LogP contribution >= 0.6 is 0 Å². The smallest absolute Gasteiger partial charge is 0.0209 e. The van der Waals surface area contributed by atoms with Gasteiger partial charge in [-0.05, 0) is 77.0 Å². The van der Waals surface area contributed by atoms with E-state index in [0.717, 1.165) is 5.92 Å². The summed E-state index contributed by atoms with van der Waals surface area (Å²) in [6.07, 6.45) is 23.9. The zero-order valence-corrected chi connectivity index (χ0v) is 15.0. The van der Waals surface area contributed by atoms with Gasteiger partial charge in [-0.15, -0.1) is 0 Å². The van der Waals surface area contributed by atoms with Gasteiger partial charge in [0.25, 0.3) is 0 Å². The Kier molecular flexibility index (Phi) is 11.2. The SMILES string of the molecule is C1=CCCCC1.C=C(C)C1CCCCC1.C=C1CCCCC1. The molecule has 0 bridgehead atoms. The van der Waals surface area contributed by atoms with Gasteiger partial charge in [-0.25, -0.2) is 0 Å². The highest BCUT2D eigenvalue weighted by molar-refractivity contribution is 4.97. The first-order chi connectivity index (χ1) is 10.7. The Labute approximate surface area is 139 Å². The third-order valence-corrected chi connectivity index (χ3v) is 5.02. The molecule has 0 N–H and O–H groups in total.